The van der Waals surface area contributed by atoms with Gasteiger partial charge in [-0.2, -0.15) is 25.7 Å². The SMILES string of the molecule is Cc1ccccc1-c1cnn(C2(CC#N)CN(c3cccn4nc(Nc5cnn(CC(=O)N6CCC(NCC7(C#N)CC7)CC6)c5)nc34)C2)c1. The summed E-state index contributed by atoms with van der Waals surface area (Å²) in [6, 6.07) is 17.4. The fraction of sp³-hybridized carbons (Fsp3) is 0.417. The number of pyridine rings is 1. The molecule has 14 nitrogen and oxygen atoms in total. The monoisotopic (exact) mass is 669 g/mol. The molecule has 2 aliphatic heterocycles. The van der Waals surface area contributed by atoms with Gasteiger partial charge in [0.05, 0.1) is 47.7 Å². The molecule has 1 aromatic carbocycles. The summed E-state index contributed by atoms with van der Waals surface area (Å²) in [6.45, 7) is 5.61. The predicted molar refractivity (Wildman–Crippen MR) is 186 cm³/mol. The van der Waals surface area contributed by atoms with Gasteiger partial charge in [0.1, 0.15) is 12.1 Å². The van der Waals surface area contributed by atoms with Crippen molar-refractivity contribution >= 4 is 28.9 Å². The topological polar surface area (TPSA) is 161 Å². The normalized spacial score (nSPS) is 18.0. The van der Waals surface area contributed by atoms with Crippen LogP contribution in [0.1, 0.15) is 37.7 Å². The van der Waals surface area contributed by atoms with E-state index in [1.54, 1.807) is 21.6 Å². The number of aryl methyl sites for hydroxylation is 1. The van der Waals surface area contributed by atoms with Crippen LogP contribution in [0.3, 0.4) is 0 Å². The number of nitriles is 2. The van der Waals surface area contributed by atoms with Crippen molar-refractivity contribution in [3.05, 3.63) is 72.9 Å². The Balaban J connectivity index is 0.890. The van der Waals surface area contributed by atoms with Crippen LogP contribution in [-0.2, 0) is 16.9 Å². The summed E-state index contributed by atoms with van der Waals surface area (Å²) in [7, 11) is 0. The smallest absolute Gasteiger partial charge is 0.247 e. The van der Waals surface area contributed by atoms with Gasteiger partial charge in [-0.25, -0.2) is 4.52 Å². The fourth-order valence-corrected chi connectivity index (χ4v) is 7.16. The Kier molecular flexibility index (Phi) is 7.96. The number of nitrogens with one attached hydrogen (secondary N) is 2. The van der Waals surface area contributed by atoms with Gasteiger partial charge in [-0.15, -0.1) is 5.10 Å². The van der Waals surface area contributed by atoms with Crippen molar-refractivity contribution in [3.8, 4) is 23.3 Å². The standard InChI is InChI=1S/C36H39N13O/c1-26-5-2-3-6-30(26)27-17-41-49(19-27)36(12-13-37)24-46(25-36)31-7-4-14-48-33(31)43-34(44-48)42-29-18-40-47(20-29)21-32(50)45-15-8-28(9-16-45)39-23-35(22-38)10-11-35/h2-7,14,17-20,28,39H,8-12,15-16,21,23-25H2,1H3,(H,42,44). The zero-order chi connectivity index (χ0) is 34.3. The Morgan fingerprint density at radius 2 is 1.86 bits per heavy atom. The number of piperidine rings is 1. The molecule has 2 N–H and O–H groups in total. The zero-order valence-electron chi connectivity index (χ0n) is 28.0. The van der Waals surface area contributed by atoms with Crippen LogP contribution in [0.15, 0.2) is 67.4 Å². The van der Waals surface area contributed by atoms with E-state index in [0.29, 0.717) is 55.9 Å². The van der Waals surface area contributed by atoms with Crippen LogP contribution < -0.4 is 15.5 Å². The first-order valence-corrected chi connectivity index (χ1v) is 17.2. The van der Waals surface area contributed by atoms with Crippen LogP contribution in [0, 0.1) is 35.0 Å². The van der Waals surface area contributed by atoms with Crippen molar-refractivity contribution in [2.45, 2.75) is 57.2 Å². The second kappa shape index (κ2) is 12.6. The van der Waals surface area contributed by atoms with E-state index in [1.165, 1.54) is 5.56 Å². The van der Waals surface area contributed by atoms with Gasteiger partial charge < -0.3 is 20.4 Å². The molecule has 0 unspecified atom stereocenters. The molecular weight excluding hydrogens is 630 g/mol. The lowest BCUT2D eigenvalue weighted by Crippen LogP contribution is -2.63. The minimum absolute atomic E-state index is 0.0350. The van der Waals surface area contributed by atoms with E-state index in [2.05, 4.69) is 56.9 Å². The summed E-state index contributed by atoms with van der Waals surface area (Å²) in [5, 5.41) is 39.6. The minimum Gasteiger partial charge on any atom is -0.363 e. The lowest BCUT2D eigenvalue weighted by molar-refractivity contribution is -0.133. The number of hydrogen-bond donors (Lipinski definition) is 2. The van der Waals surface area contributed by atoms with Gasteiger partial charge in [-0.05, 0) is 55.9 Å². The van der Waals surface area contributed by atoms with Crippen molar-refractivity contribution in [1.82, 2.24) is 44.4 Å². The third-order valence-electron chi connectivity index (χ3n) is 10.4. The molecule has 3 fully saturated rings. The summed E-state index contributed by atoms with van der Waals surface area (Å²) in [5.41, 5.74) is 5.05. The van der Waals surface area contributed by atoms with Gasteiger partial charge in [0.2, 0.25) is 11.9 Å². The van der Waals surface area contributed by atoms with Crippen molar-refractivity contribution < 1.29 is 4.79 Å². The molecular formula is C36H39N13O. The highest BCUT2D eigenvalue weighted by molar-refractivity contribution is 5.76. The highest BCUT2D eigenvalue weighted by Crippen LogP contribution is 2.44. The van der Waals surface area contributed by atoms with Crippen LogP contribution in [0.25, 0.3) is 16.8 Å². The number of carbonyl (C=O) groups excluding carboxylic acids is 1. The first-order valence-electron chi connectivity index (χ1n) is 17.2. The maximum Gasteiger partial charge on any atom is 0.247 e. The quantitative estimate of drug-likeness (QED) is 0.211. The molecule has 14 heteroatoms. The van der Waals surface area contributed by atoms with Crippen LogP contribution >= 0.6 is 0 Å². The highest BCUT2D eigenvalue weighted by atomic mass is 16.2. The Morgan fingerprint density at radius 1 is 1.04 bits per heavy atom. The number of fused-ring (bicyclic) bond motifs is 1. The molecule has 0 spiro atoms. The van der Waals surface area contributed by atoms with E-state index in [4.69, 9.17) is 10.1 Å². The number of amides is 1. The van der Waals surface area contributed by atoms with Crippen LogP contribution in [0.2, 0.25) is 0 Å². The molecule has 0 radical (unpaired) electrons. The zero-order valence-corrected chi connectivity index (χ0v) is 28.0. The predicted octanol–water partition coefficient (Wildman–Crippen LogP) is 3.85. The molecule has 3 aliphatic rings. The molecule has 0 atom stereocenters. The average Bonchev–Trinajstić information content (AvgIpc) is 3.40. The number of likely N-dealkylation sites (tertiary alicyclic amines) is 1. The van der Waals surface area contributed by atoms with Crippen LogP contribution in [0.5, 0.6) is 0 Å². The number of rotatable bonds is 11. The van der Waals surface area contributed by atoms with Gasteiger partial charge in [0.15, 0.2) is 5.65 Å². The van der Waals surface area contributed by atoms with Gasteiger partial charge in [0, 0.05) is 62.9 Å². The average molecular weight is 670 g/mol. The maximum atomic E-state index is 13.1. The van der Waals surface area contributed by atoms with Crippen molar-refractivity contribution in [3.63, 3.8) is 0 Å². The van der Waals surface area contributed by atoms with Crippen molar-refractivity contribution in [2.24, 2.45) is 5.41 Å². The van der Waals surface area contributed by atoms with Gasteiger partial charge in [-0.1, -0.05) is 24.3 Å². The van der Waals surface area contributed by atoms with Gasteiger partial charge >= 0.3 is 0 Å². The summed E-state index contributed by atoms with van der Waals surface area (Å²) in [5.74, 6) is 0.453. The molecule has 2 saturated heterocycles. The van der Waals surface area contributed by atoms with Crippen LogP contribution in [0.4, 0.5) is 17.3 Å². The summed E-state index contributed by atoms with van der Waals surface area (Å²) in [4.78, 5) is 21.9. The van der Waals surface area contributed by atoms with E-state index in [0.717, 1.165) is 49.0 Å². The number of carbonyl (C=O) groups is 1. The molecule has 50 heavy (non-hydrogen) atoms. The Bertz CT molecular complexity index is 2110. The van der Waals surface area contributed by atoms with Crippen LogP contribution in [-0.4, -0.2) is 83.7 Å². The number of aromatic nitrogens is 7. The largest absolute Gasteiger partial charge is 0.363 e. The third-order valence-corrected chi connectivity index (χ3v) is 10.4. The summed E-state index contributed by atoms with van der Waals surface area (Å²) >= 11 is 0. The molecule has 4 aromatic heterocycles. The van der Waals surface area contributed by atoms with Gasteiger partial charge in [0.25, 0.3) is 0 Å². The fourth-order valence-electron chi connectivity index (χ4n) is 7.16. The first-order chi connectivity index (χ1) is 24.4. The molecule has 8 rings (SSSR count). The maximum absolute atomic E-state index is 13.1. The van der Waals surface area contributed by atoms with Crippen molar-refractivity contribution in [2.75, 3.05) is 42.9 Å². The highest BCUT2D eigenvalue weighted by Gasteiger charge is 2.46. The van der Waals surface area contributed by atoms with E-state index >= 15 is 0 Å². The second-order valence-electron chi connectivity index (χ2n) is 14.0. The van der Waals surface area contributed by atoms with E-state index in [-0.39, 0.29) is 17.9 Å². The number of benzene rings is 1. The Hall–Kier alpha value is -5.73. The lowest BCUT2D eigenvalue weighted by atomic mass is 9.86. The summed E-state index contributed by atoms with van der Waals surface area (Å²) in [6.07, 6.45) is 13.3. The Morgan fingerprint density at radius 3 is 2.62 bits per heavy atom. The number of hydrogen-bond acceptors (Lipinski definition) is 10. The molecule has 5 aromatic rings. The first kappa shape index (κ1) is 31.5. The molecule has 1 aliphatic carbocycles. The number of anilines is 3. The molecule has 0 bridgehead atoms. The Labute approximate surface area is 289 Å². The van der Waals surface area contributed by atoms with Crippen molar-refractivity contribution in [1.29, 1.82) is 10.5 Å². The van der Waals surface area contributed by atoms with E-state index in [9.17, 15) is 15.3 Å². The lowest BCUT2D eigenvalue weighted by Gasteiger charge is -2.50. The third kappa shape index (κ3) is 6.03. The van der Waals surface area contributed by atoms with E-state index < -0.39 is 5.54 Å². The second-order valence-corrected chi connectivity index (χ2v) is 14.0. The summed E-state index contributed by atoms with van der Waals surface area (Å²) < 4.78 is 5.33. The molecule has 254 valence electrons. The molecule has 1 saturated carbocycles. The van der Waals surface area contributed by atoms with E-state index in [1.807, 2.05) is 52.4 Å². The van der Waals surface area contributed by atoms with Gasteiger partial charge in [-0.3, -0.25) is 14.2 Å². The molecule has 6 heterocycles. The molecule has 1 amide bonds. The minimum atomic E-state index is -0.445. The number of nitrogens with zero attached hydrogens (tertiary/aromatic N) is 11.